The number of aliphatic imine (C=N–C) groups is 1. The number of H-pyrrole nitrogens is 1. The Balaban J connectivity index is 1.48. The van der Waals surface area contributed by atoms with Gasteiger partial charge < -0.3 is 20.4 Å². The lowest BCUT2D eigenvalue weighted by molar-refractivity contribution is 0.0323. The van der Waals surface area contributed by atoms with Crippen LogP contribution >= 0.6 is 0 Å². The predicted molar refractivity (Wildman–Crippen MR) is 112 cm³/mol. The molecule has 1 aromatic heterocycles. The van der Waals surface area contributed by atoms with Crippen molar-refractivity contribution in [2.45, 2.75) is 20.3 Å². The van der Waals surface area contributed by atoms with Crippen LogP contribution in [0.3, 0.4) is 0 Å². The molecule has 2 heterocycles. The Morgan fingerprint density at radius 2 is 2.14 bits per heavy atom. The molecule has 28 heavy (non-hydrogen) atoms. The molecule has 2 aromatic rings. The number of nitrogens with one attached hydrogen (secondary N) is 3. The van der Waals surface area contributed by atoms with Crippen LogP contribution < -0.4 is 10.6 Å². The molecule has 0 bridgehead atoms. The van der Waals surface area contributed by atoms with E-state index in [9.17, 15) is 4.39 Å². The van der Waals surface area contributed by atoms with E-state index in [2.05, 4.69) is 34.4 Å². The van der Waals surface area contributed by atoms with Gasteiger partial charge in [-0.1, -0.05) is 6.92 Å². The predicted octanol–water partition coefficient (Wildman–Crippen LogP) is 2.37. The van der Waals surface area contributed by atoms with Gasteiger partial charge in [0.2, 0.25) is 0 Å². The monoisotopic (exact) mass is 389 g/mol. The summed E-state index contributed by atoms with van der Waals surface area (Å²) in [7, 11) is 0. The molecule has 7 heteroatoms. The van der Waals surface area contributed by atoms with Crippen LogP contribution in [-0.2, 0) is 11.2 Å². The van der Waals surface area contributed by atoms with E-state index in [1.54, 1.807) is 0 Å². The van der Waals surface area contributed by atoms with Crippen LogP contribution in [0.15, 0.2) is 29.4 Å². The molecule has 0 radical (unpaired) electrons. The van der Waals surface area contributed by atoms with Gasteiger partial charge in [0, 0.05) is 56.4 Å². The van der Waals surface area contributed by atoms with Crippen LogP contribution in [0.1, 0.15) is 19.4 Å². The third kappa shape index (κ3) is 5.94. The number of hydrogen-bond donors (Lipinski definition) is 3. The van der Waals surface area contributed by atoms with Gasteiger partial charge in [0.25, 0.3) is 0 Å². The highest BCUT2D eigenvalue weighted by atomic mass is 19.1. The minimum Gasteiger partial charge on any atom is -0.379 e. The summed E-state index contributed by atoms with van der Waals surface area (Å²) in [5.74, 6) is 1.13. The molecular formula is C21H32FN5O. The van der Waals surface area contributed by atoms with E-state index in [1.807, 2.05) is 12.3 Å². The average Bonchev–Trinajstić information content (AvgIpc) is 3.09. The highest BCUT2D eigenvalue weighted by Crippen LogP contribution is 2.19. The molecule has 154 valence electrons. The summed E-state index contributed by atoms with van der Waals surface area (Å²) in [6.45, 7) is 11.5. The molecule has 3 rings (SSSR count). The summed E-state index contributed by atoms with van der Waals surface area (Å²) in [4.78, 5) is 10.3. The fourth-order valence-corrected chi connectivity index (χ4v) is 3.55. The number of guanidine groups is 1. The van der Waals surface area contributed by atoms with Crippen LogP contribution in [0.5, 0.6) is 0 Å². The van der Waals surface area contributed by atoms with Crippen molar-refractivity contribution in [1.29, 1.82) is 0 Å². The standard InChI is InChI=1S/C21H32FN5O/c1-3-23-21(26-13-16(2)15-27-8-10-28-11-9-27)24-7-6-17-14-25-20-12-18(22)4-5-19(17)20/h4-5,12,14,16,25H,3,6-11,13,15H2,1-2H3,(H2,23,24,26). The number of aromatic nitrogens is 1. The van der Waals surface area contributed by atoms with E-state index < -0.39 is 0 Å². The zero-order valence-electron chi connectivity index (χ0n) is 16.9. The van der Waals surface area contributed by atoms with Gasteiger partial charge in [0.1, 0.15) is 5.82 Å². The lowest BCUT2D eigenvalue weighted by Gasteiger charge is -2.28. The number of nitrogens with zero attached hydrogens (tertiary/aromatic N) is 2. The molecule has 1 aliphatic heterocycles. The normalized spacial score (nSPS) is 17.0. The zero-order chi connectivity index (χ0) is 19.8. The third-order valence-corrected chi connectivity index (χ3v) is 5.00. The molecular weight excluding hydrogens is 357 g/mol. The van der Waals surface area contributed by atoms with Crippen LogP contribution in [-0.4, -0.2) is 68.3 Å². The van der Waals surface area contributed by atoms with E-state index in [4.69, 9.17) is 9.73 Å². The van der Waals surface area contributed by atoms with Crippen molar-refractivity contribution < 1.29 is 9.13 Å². The summed E-state index contributed by atoms with van der Waals surface area (Å²) >= 11 is 0. The van der Waals surface area contributed by atoms with Gasteiger partial charge in [-0.3, -0.25) is 9.89 Å². The summed E-state index contributed by atoms with van der Waals surface area (Å²) < 4.78 is 18.7. The van der Waals surface area contributed by atoms with Crippen LogP contribution in [0, 0.1) is 11.7 Å². The second-order valence-electron chi connectivity index (χ2n) is 7.42. The molecule has 0 saturated carbocycles. The topological polar surface area (TPSA) is 64.7 Å². The summed E-state index contributed by atoms with van der Waals surface area (Å²) in [6.07, 6.45) is 2.81. The van der Waals surface area contributed by atoms with Crippen LogP contribution in [0.4, 0.5) is 4.39 Å². The van der Waals surface area contributed by atoms with E-state index in [0.717, 1.165) is 75.8 Å². The second-order valence-corrected chi connectivity index (χ2v) is 7.42. The quantitative estimate of drug-likeness (QED) is 0.479. The summed E-state index contributed by atoms with van der Waals surface area (Å²) in [6, 6.07) is 4.88. The minimum absolute atomic E-state index is 0.216. The fraction of sp³-hybridized carbons (Fsp3) is 0.571. The highest BCUT2D eigenvalue weighted by molar-refractivity contribution is 5.83. The lowest BCUT2D eigenvalue weighted by Crippen LogP contribution is -2.40. The van der Waals surface area contributed by atoms with Crippen molar-refractivity contribution in [1.82, 2.24) is 20.5 Å². The van der Waals surface area contributed by atoms with Crippen molar-refractivity contribution in [2.75, 3.05) is 52.5 Å². The van der Waals surface area contributed by atoms with Crippen molar-refractivity contribution in [3.63, 3.8) is 0 Å². The van der Waals surface area contributed by atoms with Gasteiger partial charge in [0.15, 0.2) is 5.96 Å². The van der Waals surface area contributed by atoms with E-state index in [0.29, 0.717) is 5.92 Å². The molecule has 3 N–H and O–H groups in total. The second kappa shape index (κ2) is 10.4. The molecule has 1 aromatic carbocycles. The van der Waals surface area contributed by atoms with Gasteiger partial charge >= 0.3 is 0 Å². The smallest absolute Gasteiger partial charge is 0.191 e. The van der Waals surface area contributed by atoms with Crippen molar-refractivity contribution in [3.05, 3.63) is 35.8 Å². The van der Waals surface area contributed by atoms with E-state index in [1.165, 1.54) is 17.7 Å². The Bertz CT molecular complexity index is 769. The number of hydrogen-bond acceptors (Lipinski definition) is 3. The number of fused-ring (bicyclic) bond motifs is 1. The third-order valence-electron chi connectivity index (χ3n) is 5.00. The van der Waals surface area contributed by atoms with E-state index in [-0.39, 0.29) is 5.82 Å². The van der Waals surface area contributed by atoms with Crippen molar-refractivity contribution >= 4 is 16.9 Å². The first kappa shape index (κ1) is 20.6. The molecule has 1 aliphatic rings. The van der Waals surface area contributed by atoms with Gasteiger partial charge in [-0.2, -0.15) is 0 Å². The van der Waals surface area contributed by atoms with Gasteiger partial charge in [-0.25, -0.2) is 4.39 Å². The first-order chi connectivity index (χ1) is 13.7. The summed E-state index contributed by atoms with van der Waals surface area (Å²) in [5, 5.41) is 7.80. The fourth-order valence-electron chi connectivity index (χ4n) is 3.55. The molecule has 6 nitrogen and oxygen atoms in total. The number of aromatic amines is 1. The van der Waals surface area contributed by atoms with Crippen LogP contribution in [0.2, 0.25) is 0 Å². The van der Waals surface area contributed by atoms with Gasteiger partial charge in [0.05, 0.1) is 13.2 Å². The molecule has 1 unspecified atom stereocenters. The SMILES string of the molecule is CCNC(=NCC(C)CN1CCOCC1)NCCc1c[nH]c2cc(F)ccc12. The van der Waals surface area contributed by atoms with Crippen molar-refractivity contribution in [3.8, 4) is 0 Å². The molecule has 1 fully saturated rings. The Hall–Kier alpha value is -2.12. The lowest BCUT2D eigenvalue weighted by atomic mass is 10.1. The maximum atomic E-state index is 13.3. The maximum absolute atomic E-state index is 13.3. The number of benzene rings is 1. The van der Waals surface area contributed by atoms with Gasteiger partial charge in [-0.15, -0.1) is 0 Å². The maximum Gasteiger partial charge on any atom is 0.191 e. The molecule has 0 aliphatic carbocycles. The highest BCUT2D eigenvalue weighted by Gasteiger charge is 2.13. The van der Waals surface area contributed by atoms with Gasteiger partial charge in [-0.05, 0) is 43.0 Å². The Morgan fingerprint density at radius 3 is 2.93 bits per heavy atom. The van der Waals surface area contributed by atoms with Crippen molar-refractivity contribution in [2.24, 2.45) is 10.9 Å². The number of ether oxygens (including phenoxy) is 1. The first-order valence-electron chi connectivity index (χ1n) is 10.2. The molecule has 0 spiro atoms. The average molecular weight is 390 g/mol. The first-order valence-corrected chi connectivity index (χ1v) is 10.2. The Morgan fingerprint density at radius 1 is 1.32 bits per heavy atom. The number of rotatable bonds is 8. The minimum atomic E-state index is -0.216. The number of morpholine rings is 1. The van der Waals surface area contributed by atoms with E-state index >= 15 is 0 Å². The van der Waals surface area contributed by atoms with Crippen LogP contribution in [0.25, 0.3) is 10.9 Å². The Kier molecular flexibility index (Phi) is 7.68. The molecule has 0 amide bonds. The molecule has 1 atom stereocenters. The number of halogens is 1. The largest absolute Gasteiger partial charge is 0.379 e. The Labute approximate surface area is 166 Å². The summed E-state index contributed by atoms with van der Waals surface area (Å²) in [5.41, 5.74) is 2.02. The molecule has 1 saturated heterocycles. The zero-order valence-corrected chi connectivity index (χ0v) is 16.9.